The van der Waals surface area contributed by atoms with E-state index in [-0.39, 0.29) is 11.4 Å². The van der Waals surface area contributed by atoms with E-state index in [0.29, 0.717) is 0 Å². The standard InChI is InChI=1S/C17H13NO3S/c1-12-9-10-16(15(11-12)18(19)20)21-22-17-8-4-6-13-5-2-3-7-14(13)17/h2-11H,1H3. The minimum atomic E-state index is -0.425. The summed E-state index contributed by atoms with van der Waals surface area (Å²) >= 11 is 1.14. The van der Waals surface area contributed by atoms with Crippen molar-refractivity contribution in [2.24, 2.45) is 0 Å². The highest BCUT2D eigenvalue weighted by atomic mass is 32.2. The van der Waals surface area contributed by atoms with Gasteiger partial charge < -0.3 is 4.18 Å². The Morgan fingerprint density at radius 1 is 1.05 bits per heavy atom. The molecule has 0 saturated heterocycles. The molecule has 0 aliphatic rings. The number of fused-ring (bicyclic) bond motifs is 1. The molecule has 0 aliphatic heterocycles. The average molecular weight is 311 g/mol. The second-order valence-corrected chi connectivity index (χ2v) is 5.65. The highest BCUT2D eigenvalue weighted by Gasteiger charge is 2.16. The topological polar surface area (TPSA) is 52.4 Å². The van der Waals surface area contributed by atoms with Gasteiger partial charge in [0, 0.05) is 6.07 Å². The van der Waals surface area contributed by atoms with E-state index in [1.807, 2.05) is 49.4 Å². The Labute approximate surface area is 132 Å². The third kappa shape index (κ3) is 2.89. The Kier molecular flexibility index (Phi) is 3.98. The lowest BCUT2D eigenvalue weighted by molar-refractivity contribution is -0.385. The number of aryl methyl sites for hydroxylation is 1. The summed E-state index contributed by atoms with van der Waals surface area (Å²) in [5.41, 5.74) is 0.807. The molecule has 0 aromatic heterocycles. The zero-order valence-electron chi connectivity index (χ0n) is 11.9. The molecule has 0 radical (unpaired) electrons. The first-order valence-electron chi connectivity index (χ1n) is 6.72. The Balaban J connectivity index is 1.90. The number of rotatable bonds is 4. The molecule has 0 spiro atoms. The molecule has 3 rings (SSSR count). The van der Waals surface area contributed by atoms with E-state index in [2.05, 4.69) is 0 Å². The van der Waals surface area contributed by atoms with Crippen molar-refractivity contribution < 1.29 is 9.11 Å². The molecule has 0 fully saturated rings. The van der Waals surface area contributed by atoms with E-state index in [9.17, 15) is 10.1 Å². The number of nitro benzene ring substituents is 1. The number of hydrogen-bond acceptors (Lipinski definition) is 4. The molecule has 0 aliphatic carbocycles. The Bertz CT molecular complexity index is 843. The summed E-state index contributed by atoms with van der Waals surface area (Å²) in [4.78, 5) is 11.6. The maximum atomic E-state index is 11.1. The lowest BCUT2D eigenvalue weighted by Gasteiger charge is -2.07. The van der Waals surface area contributed by atoms with Crippen molar-refractivity contribution in [3.8, 4) is 5.75 Å². The summed E-state index contributed by atoms with van der Waals surface area (Å²) in [5.74, 6) is 0.258. The third-order valence-corrected chi connectivity index (χ3v) is 4.08. The van der Waals surface area contributed by atoms with E-state index in [1.165, 1.54) is 6.07 Å². The van der Waals surface area contributed by atoms with Gasteiger partial charge in [-0.1, -0.05) is 42.5 Å². The van der Waals surface area contributed by atoms with Crippen LogP contribution in [-0.2, 0) is 0 Å². The predicted octanol–water partition coefficient (Wildman–Crippen LogP) is 5.14. The van der Waals surface area contributed by atoms with Crippen LogP contribution in [0.1, 0.15) is 5.56 Å². The Hall–Kier alpha value is -2.53. The van der Waals surface area contributed by atoms with E-state index in [0.717, 1.165) is 33.3 Å². The summed E-state index contributed by atoms with van der Waals surface area (Å²) in [6, 6.07) is 18.8. The molecule has 0 atom stereocenters. The lowest BCUT2D eigenvalue weighted by Crippen LogP contribution is -1.93. The fourth-order valence-corrected chi connectivity index (χ4v) is 2.93. The van der Waals surface area contributed by atoms with E-state index in [1.54, 1.807) is 12.1 Å². The largest absolute Gasteiger partial charge is 0.413 e. The first-order chi connectivity index (χ1) is 10.6. The molecular formula is C17H13NO3S. The molecule has 0 saturated carbocycles. The quantitative estimate of drug-likeness (QED) is 0.380. The molecule has 0 amide bonds. The van der Waals surface area contributed by atoms with Crippen molar-refractivity contribution in [2.45, 2.75) is 11.8 Å². The molecule has 4 nitrogen and oxygen atoms in total. The molecule has 0 N–H and O–H groups in total. The highest BCUT2D eigenvalue weighted by molar-refractivity contribution is 7.95. The van der Waals surface area contributed by atoms with Crippen LogP contribution < -0.4 is 4.18 Å². The summed E-state index contributed by atoms with van der Waals surface area (Å²) in [6.07, 6.45) is 0. The highest BCUT2D eigenvalue weighted by Crippen LogP contribution is 2.35. The fraction of sp³-hybridized carbons (Fsp3) is 0.0588. The van der Waals surface area contributed by atoms with Crippen LogP contribution in [0.15, 0.2) is 65.6 Å². The van der Waals surface area contributed by atoms with Gasteiger partial charge in [0.1, 0.15) is 0 Å². The van der Waals surface area contributed by atoms with Gasteiger partial charge in [-0.25, -0.2) is 0 Å². The second kappa shape index (κ2) is 6.07. The van der Waals surface area contributed by atoms with Gasteiger partial charge in [-0.05, 0) is 35.4 Å². The van der Waals surface area contributed by atoms with Crippen LogP contribution in [0.3, 0.4) is 0 Å². The molecule has 3 aromatic rings. The molecule has 0 heterocycles. The van der Waals surface area contributed by atoms with Crippen LogP contribution >= 0.6 is 12.0 Å². The first-order valence-corrected chi connectivity index (χ1v) is 7.46. The van der Waals surface area contributed by atoms with Gasteiger partial charge in [0.25, 0.3) is 0 Å². The fourth-order valence-electron chi connectivity index (χ4n) is 2.20. The normalized spacial score (nSPS) is 10.6. The van der Waals surface area contributed by atoms with Crippen LogP contribution in [0.2, 0.25) is 0 Å². The molecule has 5 heteroatoms. The third-order valence-electron chi connectivity index (χ3n) is 3.28. The number of hydrogen-bond donors (Lipinski definition) is 0. The molecule has 22 heavy (non-hydrogen) atoms. The Morgan fingerprint density at radius 2 is 1.82 bits per heavy atom. The van der Waals surface area contributed by atoms with E-state index < -0.39 is 4.92 Å². The number of nitrogens with zero attached hydrogens (tertiary/aromatic N) is 1. The molecule has 0 bridgehead atoms. The van der Waals surface area contributed by atoms with Gasteiger partial charge in [0.2, 0.25) is 5.75 Å². The molecule has 110 valence electrons. The van der Waals surface area contributed by atoms with Crippen LogP contribution in [0, 0.1) is 17.0 Å². The van der Waals surface area contributed by atoms with Crippen LogP contribution in [0.25, 0.3) is 10.8 Å². The van der Waals surface area contributed by atoms with Gasteiger partial charge in [-0.3, -0.25) is 10.1 Å². The Morgan fingerprint density at radius 3 is 2.64 bits per heavy atom. The van der Waals surface area contributed by atoms with Crippen molar-refractivity contribution in [2.75, 3.05) is 0 Å². The lowest BCUT2D eigenvalue weighted by atomic mass is 10.1. The van der Waals surface area contributed by atoms with Gasteiger partial charge in [0.15, 0.2) is 0 Å². The number of benzene rings is 3. The summed E-state index contributed by atoms with van der Waals surface area (Å²) in [6.45, 7) is 1.81. The summed E-state index contributed by atoms with van der Waals surface area (Å²) < 4.78 is 5.62. The predicted molar refractivity (Wildman–Crippen MR) is 88.3 cm³/mol. The van der Waals surface area contributed by atoms with Crippen LogP contribution in [0.5, 0.6) is 5.75 Å². The summed E-state index contributed by atoms with van der Waals surface area (Å²) in [7, 11) is 0. The van der Waals surface area contributed by atoms with Gasteiger partial charge in [-0.2, -0.15) is 0 Å². The van der Waals surface area contributed by atoms with E-state index >= 15 is 0 Å². The monoisotopic (exact) mass is 311 g/mol. The van der Waals surface area contributed by atoms with Crippen LogP contribution in [0.4, 0.5) is 5.69 Å². The molecule has 0 unspecified atom stereocenters. The minimum absolute atomic E-state index is 0.0206. The van der Waals surface area contributed by atoms with Crippen molar-refractivity contribution >= 4 is 28.5 Å². The molecule has 3 aromatic carbocycles. The van der Waals surface area contributed by atoms with Crippen LogP contribution in [-0.4, -0.2) is 4.92 Å². The van der Waals surface area contributed by atoms with Gasteiger partial charge in [0.05, 0.1) is 21.9 Å². The van der Waals surface area contributed by atoms with E-state index in [4.69, 9.17) is 4.18 Å². The van der Waals surface area contributed by atoms with Gasteiger partial charge >= 0.3 is 5.69 Å². The van der Waals surface area contributed by atoms with Gasteiger partial charge in [-0.15, -0.1) is 0 Å². The van der Waals surface area contributed by atoms with Crippen molar-refractivity contribution in [1.82, 2.24) is 0 Å². The first kappa shape index (κ1) is 14.4. The zero-order valence-corrected chi connectivity index (χ0v) is 12.7. The summed E-state index contributed by atoms with van der Waals surface area (Å²) in [5, 5.41) is 13.3. The second-order valence-electron chi connectivity index (χ2n) is 4.87. The maximum absolute atomic E-state index is 11.1. The van der Waals surface area contributed by atoms with Crippen molar-refractivity contribution in [3.63, 3.8) is 0 Å². The minimum Gasteiger partial charge on any atom is -0.413 e. The maximum Gasteiger partial charge on any atom is 0.312 e. The van der Waals surface area contributed by atoms with Crippen molar-refractivity contribution in [3.05, 3.63) is 76.3 Å². The average Bonchev–Trinajstić information content (AvgIpc) is 2.53. The molecular weight excluding hydrogens is 298 g/mol. The zero-order chi connectivity index (χ0) is 15.5. The smallest absolute Gasteiger partial charge is 0.312 e. The number of nitro groups is 1. The van der Waals surface area contributed by atoms with Crippen molar-refractivity contribution in [1.29, 1.82) is 0 Å². The SMILES string of the molecule is Cc1ccc(OSc2cccc3ccccc23)c([N+](=O)[O-])c1.